The van der Waals surface area contributed by atoms with Gasteiger partial charge in [-0.2, -0.15) is 0 Å². The standard InChI is InChI=1S/C31H35FN2O2.2ClH/c32-29-9-5-4-8-27(29)22-33-16-14-24(15-17-33)10-12-30(35)26-11-13-31-28(20-26)23-34(18-19-36-31)21-25-6-2-1-3-7-25;;/h1-9,11,13,20,24H,10,12,14-19,21-23H2;2*1H. The maximum Gasteiger partial charge on any atom is 0.162 e. The minimum absolute atomic E-state index is 0. The van der Waals surface area contributed by atoms with Crippen molar-refractivity contribution in [2.75, 3.05) is 26.2 Å². The topological polar surface area (TPSA) is 32.8 Å². The molecule has 0 saturated carbocycles. The Kier molecular flexibility index (Phi) is 11.6. The van der Waals surface area contributed by atoms with Crippen molar-refractivity contribution >= 4 is 30.6 Å². The number of rotatable bonds is 8. The Morgan fingerprint density at radius 3 is 2.37 bits per heavy atom. The molecule has 0 spiro atoms. The molecule has 0 amide bonds. The maximum absolute atomic E-state index is 14.0. The predicted molar refractivity (Wildman–Crippen MR) is 155 cm³/mol. The molecule has 0 radical (unpaired) electrons. The van der Waals surface area contributed by atoms with Gasteiger partial charge in [-0.25, -0.2) is 4.39 Å². The Labute approximate surface area is 238 Å². The molecule has 0 bridgehead atoms. The second kappa shape index (κ2) is 14.6. The Hall–Kier alpha value is -2.44. The van der Waals surface area contributed by atoms with Crippen molar-refractivity contribution in [1.29, 1.82) is 0 Å². The molecular formula is C31H37Cl2FN2O2. The smallest absolute Gasteiger partial charge is 0.162 e. The van der Waals surface area contributed by atoms with Crippen molar-refractivity contribution in [2.24, 2.45) is 5.92 Å². The predicted octanol–water partition coefficient (Wildman–Crippen LogP) is 6.94. The van der Waals surface area contributed by atoms with Crippen LogP contribution < -0.4 is 4.74 Å². The van der Waals surface area contributed by atoms with Crippen LogP contribution in [0.5, 0.6) is 5.75 Å². The van der Waals surface area contributed by atoms with Crippen LogP contribution in [0.25, 0.3) is 0 Å². The fourth-order valence-electron chi connectivity index (χ4n) is 5.38. The van der Waals surface area contributed by atoms with E-state index in [9.17, 15) is 9.18 Å². The molecule has 7 heteroatoms. The molecule has 2 aliphatic heterocycles. The second-order valence-electron chi connectivity index (χ2n) is 10.1. The minimum Gasteiger partial charge on any atom is -0.492 e. The quantitative estimate of drug-likeness (QED) is 0.280. The van der Waals surface area contributed by atoms with Gasteiger partial charge in [0, 0.05) is 49.3 Å². The molecule has 1 fully saturated rings. The van der Waals surface area contributed by atoms with Crippen molar-refractivity contribution in [3.05, 3.63) is 101 Å². The number of ether oxygens (including phenoxy) is 1. The van der Waals surface area contributed by atoms with Crippen LogP contribution in [0.3, 0.4) is 0 Å². The van der Waals surface area contributed by atoms with Gasteiger partial charge in [-0.15, -0.1) is 24.8 Å². The van der Waals surface area contributed by atoms with Gasteiger partial charge in [-0.1, -0.05) is 48.5 Å². The lowest BCUT2D eigenvalue weighted by molar-refractivity contribution is 0.0961. The molecule has 38 heavy (non-hydrogen) atoms. The van der Waals surface area contributed by atoms with Crippen molar-refractivity contribution in [3.8, 4) is 5.75 Å². The summed E-state index contributed by atoms with van der Waals surface area (Å²) in [7, 11) is 0. The molecule has 1 saturated heterocycles. The molecule has 0 atom stereocenters. The van der Waals surface area contributed by atoms with Gasteiger partial charge in [0.05, 0.1) is 0 Å². The fourth-order valence-corrected chi connectivity index (χ4v) is 5.38. The summed E-state index contributed by atoms with van der Waals surface area (Å²) in [4.78, 5) is 17.8. The largest absolute Gasteiger partial charge is 0.492 e. The van der Waals surface area contributed by atoms with E-state index in [4.69, 9.17) is 4.74 Å². The molecule has 0 aliphatic carbocycles. The van der Waals surface area contributed by atoms with Crippen LogP contribution in [0.1, 0.15) is 52.7 Å². The first-order chi connectivity index (χ1) is 17.6. The second-order valence-corrected chi connectivity index (χ2v) is 10.1. The molecular weight excluding hydrogens is 522 g/mol. The molecule has 2 heterocycles. The average molecular weight is 560 g/mol. The van der Waals surface area contributed by atoms with E-state index in [0.717, 1.165) is 74.4 Å². The first-order valence-corrected chi connectivity index (χ1v) is 13.1. The van der Waals surface area contributed by atoms with E-state index in [1.165, 1.54) is 11.6 Å². The minimum atomic E-state index is -0.125. The number of benzene rings is 3. The maximum atomic E-state index is 14.0. The molecule has 4 nitrogen and oxygen atoms in total. The molecule has 3 aromatic carbocycles. The van der Waals surface area contributed by atoms with Crippen LogP contribution in [-0.2, 0) is 19.6 Å². The van der Waals surface area contributed by atoms with Crippen LogP contribution >= 0.6 is 24.8 Å². The molecule has 2 aliphatic rings. The lowest BCUT2D eigenvalue weighted by Crippen LogP contribution is -2.33. The monoisotopic (exact) mass is 558 g/mol. The van der Waals surface area contributed by atoms with Gasteiger partial charge < -0.3 is 4.74 Å². The fraction of sp³-hybridized carbons (Fsp3) is 0.387. The normalized spacial score (nSPS) is 16.3. The number of carbonyl (C=O) groups is 1. The number of hydrogen-bond acceptors (Lipinski definition) is 4. The number of likely N-dealkylation sites (tertiary alicyclic amines) is 1. The van der Waals surface area contributed by atoms with E-state index in [2.05, 4.69) is 34.1 Å². The van der Waals surface area contributed by atoms with E-state index in [1.807, 2.05) is 36.4 Å². The van der Waals surface area contributed by atoms with Crippen LogP contribution in [0.4, 0.5) is 4.39 Å². The molecule has 0 N–H and O–H groups in total. The first-order valence-electron chi connectivity index (χ1n) is 13.1. The third kappa shape index (κ3) is 8.03. The molecule has 0 aromatic heterocycles. The molecule has 5 rings (SSSR count). The van der Waals surface area contributed by atoms with Crippen LogP contribution in [0.2, 0.25) is 0 Å². The zero-order valence-electron chi connectivity index (χ0n) is 21.7. The summed E-state index contributed by atoms with van der Waals surface area (Å²) in [5, 5.41) is 0. The highest BCUT2D eigenvalue weighted by Gasteiger charge is 2.22. The van der Waals surface area contributed by atoms with Crippen molar-refractivity contribution < 1.29 is 13.9 Å². The number of carbonyl (C=O) groups excluding carboxylic acids is 1. The van der Waals surface area contributed by atoms with Gasteiger partial charge in [0.2, 0.25) is 0 Å². The molecule has 3 aromatic rings. The van der Waals surface area contributed by atoms with Gasteiger partial charge in [0.1, 0.15) is 18.2 Å². The van der Waals surface area contributed by atoms with Gasteiger partial charge in [-0.3, -0.25) is 14.6 Å². The number of piperidine rings is 1. The summed E-state index contributed by atoms with van der Waals surface area (Å²) in [6, 6.07) is 23.4. The van der Waals surface area contributed by atoms with E-state index in [-0.39, 0.29) is 36.4 Å². The Bertz CT molecular complexity index is 1170. The van der Waals surface area contributed by atoms with Crippen molar-refractivity contribution in [1.82, 2.24) is 9.80 Å². The highest BCUT2D eigenvalue weighted by Crippen LogP contribution is 2.28. The Balaban J connectivity index is 0.00000200. The van der Waals surface area contributed by atoms with Crippen LogP contribution in [0.15, 0.2) is 72.8 Å². The third-order valence-corrected chi connectivity index (χ3v) is 7.53. The zero-order chi connectivity index (χ0) is 24.7. The molecule has 204 valence electrons. The van der Waals surface area contributed by atoms with Gasteiger partial charge in [0.15, 0.2) is 5.78 Å². The number of fused-ring (bicyclic) bond motifs is 1. The van der Waals surface area contributed by atoms with E-state index in [0.29, 0.717) is 25.5 Å². The number of ketones is 1. The Morgan fingerprint density at radius 1 is 0.868 bits per heavy atom. The average Bonchev–Trinajstić information content (AvgIpc) is 3.11. The summed E-state index contributed by atoms with van der Waals surface area (Å²) in [5.41, 5.74) is 3.93. The third-order valence-electron chi connectivity index (χ3n) is 7.53. The number of Topliss-reactive ketones (excluding diaryl/α,β-unsaturated/α-hetero) is 1. The summed E-state index contributed by atoms with van der Waals surface area (Å²) in [5.74, 6) is 1.53. The Morgan fingerprint density at radius 2 is 1.61 bits per heavy atom. The number of halogens is 3. The lowest BCUT2D eigenvalue weighted by Gasteiger charge is -2.32. The SMILES string of the molecule is Cl.Cl.O=C(CCC1CCN(Cc2ccccc2F)CC1)c1ccc2c(c1)CN(Cc1ccccc1)CCO2. The van der Waals surface area contributed by atoms with Crippen molar-refractivity contribution in [3.63, 3.8) is 0 Å². The zero-order valence-corrected chi connectivity index (χ0v) is 23.3. The summed E-state index contributed by atoms with van der Waals surface area (Å²) >= 11 is 0. The van der Waals surface area contributed by atoms with Crippen LogP contribution in [0, 0.1) is 11.7 Å². The highest BCUT2D eigenvalue weighted by atomic mass is 35.5. The van der Waals surface area contributed by atoms with Gasteiger partial charge in [-0.05, 0) is 68.1 Å². The highest BCUT2D eigenvalue weighted by molar-refractivity contribution is 5.96. The van der Waals surface area contributed by atoms with Crippen LogP contribution in [-0.4, -0.2) is 41.8 Å². The summed E-state index contributed by atoms with van der Waals surface area (Å²) in [6.07, 6.45) is 3.62. The van der Waals surface area contributed by atoms with Crippen molar-refractivity contribution in [2.45, 2.75) is 45.3 Å². The van der Waals surface area contributed by atoms with E-state index >= 15 is 0 Å². The van der Waals surface area contributed by atoms with Gasteiger partial charge >= 0.3 is 0 Å². The number of nitrogens with zero attached hydrogens (tertiary/aromatic N) is 2. The van der Waals surface area contributed by atoms with Gasteiger partial charge in [0.25, 0.3) is 0 Å². The summed E-state index contributed by atoms with van der Waals surface area (Å²) in [6.45, 7) is 5.76. The first kappa shape index (κ1) is 30.1. The lowest BCUT2D eigenvalue weighted by atomic mass is 9.90. The van der Waals surface area contributed by atoms with E-state index in [1.54, 1.807) is 6.07 Å². The van der Waals surface area contributed by atoms with E-state index < -0.39 is 0 Å². The molecule has 0 unspecified atom stereocenters. The number of hydrogen-bond donors (Lipinski definition) is 0. The summed E-state index contributed by atoms with van der Waals surface area (Å²) < 4.78 is 20.0.